The molecule has 2 aromatic heterocycles. The molecule has 45 heavy (non-hydrogen) atoms. The van der Waals surface area contributed by atoms with Crippen molar-refractivity contribution < 1.29 is 4.42 Å². The maximum Gasteiger partial charge on any atom is 0.201 e. The highest BCUT2D eigenvalue weighted by molar-refractivity contribution is 6.03. The van der Waals surface area contributed by atoms with Crippen molar-refractivity contribution in [2.45, 2.75) is 0 Å². The van der Waals surface area contributed by atoms with Crippen LogP contribution < -0.4 is 5.32 Å². The van der Waals surface area contributed by atoms with Crippen molar-refractivity contribution in [3.63, 3.8) is 0 Å². The van der Waals surface area contributed by atoms with Gasteiger partial charge in [-0.25, -0.2) is 15.0 Å². The average molecular weight is 579 g/mol. The van der Waals surface area contributed by atoms with Gasteiger partial charge in [-0.15, -0.1) is 0 Å². The number of nitrogens with zero attached hydrogens (tertiary/aromatic N) is 3. The highest BCUT2D eigenvalue weighted by Crippen LogP contribution is 2.39. The van der Waals surface area contributed by atoms with Gasteiger partial charge in [-0.2, -0.15) is 0 Å². The van der Waals surface area contributed by atoms with E-state index < -0.39 is 0 Å². The van der Waals surface area contributed by atoms with Crippen molar-refractivity contribution in [1.29, 1.82) is 0 Å². The smallest absolute Gasteiger partial charge is 0.201 e. The van der Waals surface area contributed by atoms with E-state index in [1.807, 2.05) is 18.2 Å². The quantitative estimate of drug-likeness (QED) is 0.225. The molecule has 1 N–H and O–H groups in total. The maximum absolute atomic E-state index is 6.19. The summed E-state index contributed by atoms with van der Waals surface area (Å²) in [7, 11) is 0. The van der Waals surface area contributed by atoms with Gasteiger partial charge in [0.1, 0.15) is 5.58 Å². The molecule has 0 bridgehead atoms. The molecular formula is C40H26N4O. The topological polar surface area (TPSA) is 63.8 Å². The fourth-order valence-corrected chi connectivity index (χ4v) is 6.26. The van der Waals surface area contributed by atoms with Gasteiger partial charge < -0.3 is 9.73 Å². The van der Waals surface area contributed by atoms with E-state index >= 15 is 0 Å². The summed E-state index contributed by atoms with van der Waals surface area (Å²) >= 11 is 0. The molecule has 212 valence electrons. The van der Waals surface area contributed by atoms with Crippen LogP contribution in [-0.4, -0.2) is 21.5 Å². The highest BCUT2D eigenvalue weighted by Gasteiger charge is 2.21. The van der Waals surface area contributed by atoms with Crippen LogP contribution in [0.25, 0.3) is 83.9 Å². The highest BCUT2D eigenvalue weighted by atomic mass is 16.3. The number of aromatic nitrogens is 3. The SMILES string of the molecule is C1=Cc2c(oc3cccc(-c4nc(-c5ccc6ccccc6c5)nc(-c5ccc6cc(-c7ccccc7)ccc6c5)n4)c23)NC1. The van der Waals surface area contributed by atoms with Crippen molar-refractivity contribution in [3.8, 4) is 45.3 Å². The lowest BCUT2D eigenvalue weighted by molar-refractivity contribution is 0.628. The molecular weight excluding hydrogens is 552 g/mol. The Morgan fingerprint density at radius 3 is 1.91 bits per heavy atom. The first kappa shape index (κ1) is 25.4. The van der Waals surface area contributed by atoms with Crippen LogP contribution in [0.15, 0.2) is 138 Å². The van der Waals surface area contributed by atoms with Gasteiger partial charge in [0.25, 0.3) is 0 Å². The van der Waals surface area contributed by atoms with Crippen LogP contribution >= 0.6 is 0 Å². The van der Waals surface area contributed by atoms with Crippen LogP contribution in [0.2, 0.25) is 0 Å². The lowest BCUT2D eigenvalue weighted by Crippen LogP contribution is -2.02. The second-order valence-electron chi connectivity index (χ2n) is 11.3. The van der Waals surface area contributed by atoms with Crippen LogP contribution in [0.1, 0.15) is 5.56 Å². The number of furan rings is 1. The van der Waals surface area contributed by atoms with E-state index in [9.17, 15) is 0 Å². The van der Waals surface area contributed by atoms with Crippen molar-refractivity contribution >= 4 is 44.5 Å². The van der Waals surface area contributed by atoms with Crippen LogP contribution in [0.5, 0.6) is 0 Å². The third-order valence-electron chi connectivity index (χ3n) is 8.51. The first-order valence-corrected chi connectivity index (χ1v) is 15.1. The van der Waals surface area contributed by atoms with Gasteiger partial charge in [-0.3, -0.25) is 0 Å². The number of nitrogens with one attached hydrogen (secondary N) is 1. The van der Waals surface area contributed by atoms with E-state index in [1.54, 1.807) is 0 Å². The zero-order chi connectivity index (χ0) is 29.7. The molecule has 8 aromatic rings. The fourth-order valence-electron chi connectivity index (χ4n) is 6.26. The molecule has 0 saturated heterocycles. The number of hydrogen-bond acceptors (Lipinski definition) is 5. The Balaban J connectivity index is 1.23. The zero-order valence-electron chi connectivity index (χ0n) is 24.2. The second kappa shape index (κ2) is 10.3. The number of fused-ring (bicyclic) bond motifs is 5. The minimum Gasteiger partial charge on any atom is -0.440 e. The van der Waals surface area contributed by atoms with Crippen LogP contribution in [0.3, 0.4) is 0 Å². The summed E-state index contributed by atoms with van der Waals surface area (Å²) in [5.74, 6) is 2.63. The molecule has 9 rings (SSSR count). The minimum absolute atomic E-state index is 0.607. The van der Waals surface area contributed by atoms with E-state index in [2.05, 4.69) is 127 Å². The third-order valence-corrected chi connectivity index (χ3v) is 8.51. The molecule has 0 atom stereocenters. The molecule has 0 amide bonds. The van der Waals surface area contributed by atoms with Crippen molar-refractivity contribution in [3.05, 3.63) is 139 Å². The molecule has 0 aliphatic carbocycles. The Morgan fingerprint density at radius 1 is 0.511 bits per heavy atom. The molecule has 3 heterocycles. The zero-order valence-corrected chi connectivity index (χ0v) is 24.2. The Kier molecular flexibility index (Phi) is 5.81. The van der Waals surface area contributed by atoms with Crippen LogP contribution in [-0.2, 0) is 0 Å². The molecule has 0 saturated carbocycles. The molecule has 0 unspecified atom stereocenters. The average Bonchev–Trinajstić information content (AvgIpc) is 3.50. The van der Waals surface area contributed by atoms with Gasteiger partial charge in [0.05, 0.1) is 0 Å². The van der Waals surface area contributed by atoms with Crippen LogP contribution in [0, 0.1) is 0 Å². The minimum atomic E-state index is 0.607. The lowest BCUT2D eigenvalue weighted by atomic mass is 9.99. The van der Waals surface area contributed by atoms with E-state index in [-0.39, 0.29) is 0 Å². The molecule has 5 nitrogen and oxygen atoms in total. The second-order valence-corrected chi connectivity index (χ2v) is 11.3. The standard InChI is InChI=1S/C40H26N4O/c1-2-8-25(9-3-1)28-16-17-30-24-32(20-18-29(30)22-28)38-42-37(31-19-15-26-10-4-5-11-27(26)23-31)43-39(44-38)33-12-6-14-35-36(33)34-13-7-21-41-40(34)45-35/h1-20,22-24,41H,21H2. The van der Waals surface area contributed by atoms with Gasteiger partial charge >= 0.3 is 0 Å². The van der Waals surface area contributed by atoms with Gasteiger partial charge in [0, 0.05) is 34.2 Å². The predicted octanol–water partition coefficient (Wildman–Crippen LogP) is 10.0. The Morgan fingerprint density at radius 2 is 1.13 bits per heavy atom. The third kappa shape index (κ3) is 4.45. The molecule has 6 aromatic carbocycles. The predicted molar refractivity (Wildman–Crippen MR) is 184 cm³/mol. The lowest BCUT2D eigenvalue weighted by Gasteiger charge is -2.11. The number of hydrogen-bond donors (Lipinski definition) is 1. The summed E-state index contributed by atoms with van der Waals surface area (Å²) in [5.41, 5.74) is 6.98. The molecule has 0 fully saturated rings. The Labute approximate surface area is 259 Å². The molecule has 0 spiro atoms. The summed E-state index contributed by atoms with van der Waals surface area (Å²) in [6, 6.07) is 44.2. The number of rotatable bonds is 4. The largest absolute Gasteiger partial charge is 0.440 e. The van der Waals surface area contributed by atoms with Crippen LogP contribution in [0.4, 0.5) is 5.88 Å². The molecule has 1 aliphatic heterocycles. The fraction of sp³-hybridized carbons (Fsp3) is 0.0250. The van der Waals surface area contributed by atoms with Gasteiger partial charge in [0.2, 0.25) is 5.88 Å². The molecule has 1 aliphatic rings. The summed E-state index contributed by atoms with van der Waals surface area (Å²) in [6.07, 6.45) is 4.21. The number of benzene rings is 6. The molecule has 0 radical (unpaired) electrons. The van der Waals surface area contributed by atoms with E-state index in [1.165, 1.54) is 21.9 Å². The summed E-state index contributed by atoms with van der Waals surface area (Å²) in [5, 5.41) is 8.95. The summed E-state index contributed by atoms with van der Waals surface area (Å²) in [6.45, 7) is 0.735. The Hall–Kier alpha value is -6.07. The first-order chi connectivity index (χ1) is 22.3. The monoisotopic (exact) mass is 578 g/mol. The van der Waals surface area contributed by atoms with Gasteiger partial charge in [-0.05, 0) is 56.9 Å². The van der Waals surface area contributed by atoms with E-state index in [0.717, 1.165) is 56.4 Å². The van der Waals surface area contributed by atoms with Gasteiger partial charge in [-0.1, -0.05) is 115 Å². The summed E-state index contributed by atoms with van der Waals surface area (Å²) < 4.78 is 6.19. The summed E-state index contributed by atoms with van der Waals surface area (Å²) in [4.78, 5) is 15.2. The van der Waals surface area contributed by atoms with E-state index in [4.69, 9.17) is 19.4 Å². The number of anilines is 1. The van der Waals surface area contributed by atoms with Crippen molar-refractivity contribution in [2.24, 2.45) is 0 Å². The first-order valence-electron chi connectivity index (χ1n) is 15.1. The normalized spacial score (nSPS) is 12.4. The Bertz CT molecular complexity index is 2440. The molecule has 5 heteroatoms. The maximum atomic E-state index is 6.19. The van der Waals surface area contributed by atoms with Crippen molar-refractivity contribution in [2.75, 3.05) is 11.9 Å². The van der Waals surface area contributed by atoms with Crippen molar-refractivity contribution in [1.82, 2.24) is 15.0 Å². The van der Waals surface area contributed by atoms with E-state index in [0.29, 0.717) is 17.5 Å². The van der Waals surface area contributed by atoms with Gasteiger partial charge in [0.15, 0.2) is 17.5 Å².